The minimum atomic E-state index is 0.531. The SMILES string of the molecule is Cc1cc(Oc2ccccc2)ccc1OCCNc1c(C)c(C)nc2ccnn12. The Labute approximate surface area is 170 Å². The van der Waals surface area contributed by atoms with E-state index in [0.717, 1.165) is 45.5 Å². The van der Waals surface area contributed by atoms with E-state index in [-0.39, 0.29) is 0 Å². The van der Waals surface area contributed by atoms with Crippen LogP contribution in [0.3, 0.4) is 0 Å². The van der Waals surface area contributed by atoms with E-state index >= 15 is 0 Å². The molecule has 0 spiro atoms. The lowest BCUT2D eigenvalue weighted by Gasteiger charge is -2.15. The zero-order valence-electron chi connectivity index (χ0n) is 16.8. The maximum Gasteiger partial charge on any atom is 0.157 e. The minimum Gasteiger partial charge on any atom is -0.491 e. The number of benzene rings is 2. The molecule has 2 aromatic heterocycles. The molecule has 0 fully saturated rings. The van der Waals surface area contributed by atoms with Crippen molar-refractivity contribution < 1.29 is 9.47 Å². The molecule has 6 heteroatoms. The van der Waals surface area contributed by atoms with Crippen molar-refractivity contribution in [2.24, 2.45) is 0 Å². The van der Waals surface area contributed by atoms with Gasteiger partial charge in [-0.1, -0.05) is 18.2 Å². The average molecular weight is 388 g/mol. The number of nitrogens with zero attached hydrogens (tertiary/aromatic N) is 3. The Kier molecular flexibility index (Phi) is 5.33. The highest BCUT2D eigenvalue weighted by Gasteiger charge is 2.10. The van der Waals surface area contributed by atoms with Gasteiger partial charge in [0.05, 0.1) is 12.7 Å². The molecule has 0 aliphatic heterocycles. The summed E-state index contributed by atoms with van der Waals surface area (Å²) in [4.78, 5) is 4.54. The van der Waals surface area contributed by atoms with Crippen LogP contribution in [-0.2, 0) is 0 Å². The van der Waals surface area contributed by atoms with Crippen LogP contribution in [0.4, 0.5) is 5.82 Å². The van der Waals surface area contributed by atoms with Crippen molar-refractivity contribution in [2.45, 2.75) is 20.8 Å². The maximum atomic E-state index is 5.96. The molecule has 0 aliphatic rings. The first-order valence-electron chi connectivity index (χ1n) is 9.63. The van der Waals surface area contributed by atoms with E-state index in [1.54, 1.807) is 6.20 Å². The molecule has 0 unspecified atom stereocenters. The van der Waals surface area contributed by atoms with Crippen LogP contribution in [0.1, 0.15) is 16.8 Å². The summed E-state index contributed by atoms with van der Waals surface area (Å²) in [6, 6.07) is 17.5. The second-order valence-corrected chi connectivity index (χ2v) is 6.89. The van der Waals surface area contributed by atoms with Crippen molar-refractivity contribution >= 4 is 11.5 Å². The van der Waals surface area contributed by atoms with E-state index in [0.29, 0.717) is 13.2 Å². The summed E-state index contributed by atoms with van der Waals surface area (Å²) < 4.78 is 13.7. The van der Waals surface area contributed by atoms with Gasteiger partial charge in [-0.2, -0.15) is 9.61 Å². The topological polar surface area (TPSA) is 60.7 Å². The van der Waals surface area contributed by atoms with E-state index < -0.39 is 0 Å². The lowest BCUT2D eigenvalue weighted by atomic mass is 10.2. The summed E-state index contributed by atoms with van der Waals surface area (Å²) in [5.41, 5.74) is 3.94. The van der Waals surface area contributed by atoms with E-state index in [9.17, 15) is 0 Å². The van der Waals surface area contributed by atoms with Gasteiger partial charge in [0.15, 0.2) is 5.65 Å². The molecule has 6 nitrogen and oxygen atoms in total. The van der Waals surface area contributed by atoms with Crippen LogP contribution in [-0.4, -0.2) is 27.7 Å². The molecule has 0 amide bonds. The zero-order valence-corrected chi connectivity index (χ0v) is 16.8. The van der Waals surface area contributed by atoms with Crippen molar-refractivity contribution in [3.8, 4) is 17.2 Å². The van der Waals surface area contributed by atoms with Crippen LogP contribution in [0.25, 0.3) is 5.65 Å². The molecular weight excluding hydrogens is 364 g/mol. The Morgan fingerprint density at radius 3 is 2.59 bits per heavy atom. The molecule has 0 saturated heterocycles. The second-order valence-electron chi connectivity index (χ2n) is 6.89. The van der Waals surface area contributed by atoms with Crippen LogP contribution < -0.4 is 14.8 Å². The maximum absolute atomic E-state index is 5.96. The minimum absolute atomic E-state index is 0.531. The fourth-order valence-electron chi connectivity index (χ4n) is 3.15. The molecule has 0 atom stereocenters. The summed E-state index contributed by atoms with van der Waals surface area (Å²) >= 11 is 0. The van der Waals surface area contributed by atoms with E-state index in [2.05, 4.69) is 15.4 Å². The molecule has 2 heterocycles. The van der Waals surface area contributed by atoms with Crippen LogP contribution in [0, 0.1) is 20.8 Å². The number of rotatable bonds is 7. The number of para-hydroxylation sites is 1. The predicted molar refractivity (Wildman–Crippen MR) is 114 cm³/mol. The van der Waals surface area contributed by atoms with Crippen molar-refractivity contribution in [3.05, 3.63) is 77.6 Å². The van der Waals surface area contributed by atoms with Gasteiger partial charge in [0.1, 0.15) is 29.7 Å². The van der Waals surface area contributed by atoms with Crippen molar-refractivity contribution in [3.63, 3.8) is 0 Å². The molecule has 0 bridgehead atoms. The largest absolute Gasteiger partial charge is 0.491 e. The number of anilines is 1. The normalized spacial score (nSPS) is 10.9. The van der Waals surface area contributed by atoms with Gasteiger partial charge in [-0.25, -0.2) is 4.98 Å². The summed E-state index contributed by atoms with van der Waals surface area (Å²) in [6.45, 7) is 7.25. The van der Waals surface area contributed by atoms with Gasteiger partial charge < -0.3 is 14.8 Å². The highest BCUT2D eigenvalue weighted by Crippen LogP contribution is 2.27. The predicted octanol–water partition coefficient (Wildman–Crippen LogP) is 4.94. The number of nitrogens with one attached hydrogen (secondary N) is 1. The number of hydrogen-bond acceptors (Lipinski definition) is 5. The first-order chi connectivity index (χ1) is 14.1. The third-order valence-electron chi connectivity index (χ3n) is 4.79. The fraction of sp³-hybridized carbons (Fsp3) is 0.217. The number of hydrogen-bond donors (Lipinski definition) is 1. The molecule has 29 heavy (non-hydrogen) atoms. The van der Waals surface area contributed by atoms with Gasteiger partial charge in [-0.15, -0.1) is 0 Å². The molecular formula is C23H24N4O2. The molecule has 0 saturated carbocycles. The standard InChI is InChI=1S/C23H24N4O2/c1-16-15-20(29-19-7-5-4-6-8-19)9-10-21(16)28-14-13-24-23-17(2)18(3)26-22-11-12-25-27(22)23/h4-12,15,24H,13-14H2,1-3H3. The smallest absolute Gasteiger partial charge is 0.157 e. The third-order valence-corrected chi connectivity index (χ3v) is 4.79. The Morgan fingerprint density at radius 2 is 1.79 bits per heavy atom. The number of ether oxygens (including phenoxy) is 2. The quantitative estimate of drug-likeness (QED) is 0.455. The Balaban J connectivity index is 1.37. The lowest BCUT2D eigenvalue weighted by Crippen LogP contribution is -2.16. The van der Waals surface area contributed by atoms with Crippen molar-refractivity contribution in [1.29, 1.82) is 0 Å². The molecule has 4 rings (SSSR count). The van der Waals surface area contributed by atoms with Crippen molar-refractivity contribution in [1.82, 2.24) is 14.6 Å². The zero-order chi connectivity index (χ0) is 20.2. The van der Waals surface area contributed by atoms with Gasteiger partial charge in [0, 0.05) is 17.3 Å². The van der Waals surface area contributed by atoms with Crippen LogP contribution >= 0.6 is 0 Å². The fourth-order valence-corrected chi connectivity index (χ4v) is 3.15. The van der Waals surface area contributed by atoms with Gasteiger partial charge >= 0.3 is 0 Å². The van der Waals surface area contributed by atoms with Gasteiger partial charge in [-0.3, -0.25) is 0 Å². The average Bonchev–Trinajstić information content (AvgIpc) is 3.18. The lowest BCUT2D eigenvalue weighted by molar-refractivity contribution is 0.329. The van der Waals surface area contributed by atoms with Gasteiger partial charge in [0.25, 0.3) is 0 Å². The molecule has 148 valence electrons. The van der Waals surface area contributed by atoms with Crippen molar-refractivity contribution in [2.75, 3.05) is 18.5 Å². The summed E-state index contributed by atoms with van der Waals surface area (Å²) in [5, 5.41) is 7.78. The second kappa shape index (κ2) is 8.22. The highest BCUT2D eigenvalue weighted by atomic mass is 16.5. The molecule has 1 N–H and O–H groups in total. The van der Waals surface area contributed by atoms with Gasteiger partial charge in [0.2, 0.25) is 0 Å². The third kappa shape index (κ3) is 4.16. The van der Waals surface area contributed by atoms with E-state index in [4.69, 9.17) is 9.47 Å². The van der Waals surface area contributed by atoms with E-state index in [1.807, 2.05) is 79.9 Å². The highest BCUT2D eigenvalue weighted by molar-refractivity contribution is 5.54. The molecule has 0 aliphatic carbocycles. The monoisotopic (exact) mass is 388 g/mol. The molecule has 2 aromatic carbocycles. The van der Waals surface area contributed by atoms with E-state index in [1.165, 1.54) is 0 Å². The first-order valence-corrected chi connectivity index (χ1v) is 9.63. The Bertz CT molecular complexity index is 1120. The first kappa shape index (κ1) is 18.8. The Hall–Kier alpha value is -3.54. The number of aromatic nitrogens is 3. The number of aryl methyl sites for hydroxylation is 2. The van der Waals surface area contributed by atoms with Crippen LogP contribution in [0.15, 0.2) is 60.8 Å². The number of fused-ring (bicyclic) bond motifs is 1. The van der Waals surface area contributed by atoms with Gasteiger partial charge in [-0.05, 0) is 56.7 Å². The summed E-state index contributed by atoms with van der Waals surface area (Å²) in [6.07, 6.45) is 1.76. The van der Waals surface area contributed by atoms with Crippen LogP contribution in [0.2, 0.25) is 0 Å². The summed E-state index contributed by atoms with van der Waals surface area (Å²) in [7, 11) is 0. The molecule has 4 aromatic rings. The molecule has 0 radical (unpaired) electrons. The Morgan fingerprint density at radius 1 is 0.966 bits per heavy atom. The summed E-state index contributed by atoms with van der Waals surface area (Å²) in [5.74, 6) is 3.41. The van der Waals surface area contributed by atoms with Crippen LogP contribution in [0.5, 0.6) is 17.2 Å².